The van der Waals surface area contributed by atoms with Gasteiger partial charge in [0.15, 0.2) is 5.67 Å². The van der Waals surface area contributed by atoms with Crippen LogP contribution in [0.2, 0.25) is 0 Å². The first-order valence-corrected chi connectivity index (χ1v) is 6.93. The minimum absolute atomic E-state index is 0.0625. The molecule has 0 aromatic heterocycles. The predicted octanol–water partition coefficient (Wildman–Crippen LogP) is 4.16. The maximum atomic E-state index is 15.3. The molecule has 0 spiro atoms. The van der Waals surface area contributed by atoms with E-state index in [-0.39, 0.29) is 12.0 Å². The van der Waals surface area contributed by atoms with E-state index in [0.29, 0.717) is 11.1 Å². The van der Waals surface area contributed by atoms with Gasteiger partial charge in [-0.2, -0.15) is 0 Å². The predicted molar refractivity (Wildman–Crippen MR) is 82.5 cm³/mol. The molecule has 2 aromatic rings. The lowest BCUT2D eigenvalue weighted by Gasteiger charge is -2.26. The number of benzene rings is 2. The highest BCUT2D eigenvalue weighted by Crippen LogP contribution is 2.34. The van der Waals surface area contributed by atoms with Crippen LogP contribution in [0.3, 0.4) is 0 Å². The van der Waals surface area contributed by atoms with E-state index in [1.165, 1.54) is 5.56 Å². The van der Waals surface area contributed by atoms with Crippen molar-refractivity contribution in [1.82, 2.24) is 0 Å². The highest BCUT2D eigenvalue weighted by atomic mass is 19.1. The van der Waals surface area contributed by atoms with Crippen molar-refractivity contribution in [1.29, 1.82) is 0 Å². The smallest absolute Gasteiger partial charge is 0.173 e. The number of nitrogens with two attached hydrogens (primary N) is 1. The minimum Gasteiger partial charge on any atom is -0.327 e. The molecule has 0 fully saturated rings. The van der Waals surface area contributed by atoms with Crippen LogP contribution in [0.1, 0.15) is 37.5 Å². The van der Waals surface area contributed by atoms with Crippen molar-refractivity contribution in [2.75, 3.05) is 6.54 Å². The third-order valence-electron chi connectivity index (χ3n) is 3.72. The number of hydrogen-bond donors (Lipinski definition) is 1. The van der Waals surface area contributed by atoms with Crippen molar-refractivity contribution in [3.8, 4) is 0 Å². The van der Waals surface area contributed by atoms with Gasteiger partial charge in [0, 0.05) is 6.54 Å². The number of hydrogen-bond acceptors (Lipinski definition) is 1. The van der Waals surface area contributed by atoms with Crippen LogP contribution in [0.4, 0.5) is 4.39 Å². The van der Waals surface area contributed by atoms with Crippen molar-refractivity contribution in [3.05, 3.63) is 71.3 Å². The van der Waals surface area contributed by atoms with E-state index in [1.54, 1.807) is 12.1 Å². The second kappa shape index (κ2) is 5.37. The Bertz CT molecular complexity index is 554. The first-order chi connectivity index (χ1) is 9.38. The average molecular weight is 271 g/mol. The van der Waals surface area contributed by atoms with Crippen LogP contribution in [0, 0.1) is 0 Å². The van der Waals surface area contributed by atoms with Crippen LogP contribution in [-0.4, -0.2) is 6.54 Å². The van der Waals surface area contributed by atoms with E-state index in [9.17, 15) is 0 Å². The maximum absolute atomic E-state index is 15.3. The summed E-state index contributed by atoms with van der Waals surface area (Å²) in [5.74, 6) is 0. The summed E-state index contributed by atoms with van der Waals surface area (Å²) < 4.78 is 15.3. The first kappa shape index (κ1) is 14.7. The Morgan fingerprint density at radius 2 is 1.25 bits per heavy atom. The minimum atomic E-state index is -1.63. The molecule has 0 saturated carbocycles. The van der Waals surface area contributed by atoms with Crippen molar-refractivity contribution in [3.63, 3.8) is 0 Å². The van der Waals surface area contributed by atoms with Gasteiger partial charge in [0.2, 0.25) is 0 Å². The van der Waals surface area contributed by atoms with Gasteiger partial charge in [-0.1, -0.05) is 75.4 Å². The molecule has 0 aliphatic carbocycles. The zero-order valence-corrected chi connectivity index (χ0v) is 12.4. The molecule has 1 atom stereocenters. The summed E-state index contributed by atoms with van der Waals surface area (Å²) in [7, 11) is 0. The summed E-state index contributed by atoms with van der Waals surface area (Å²) in [6, 6.07) is 16.8. The molecule has 0 saturated heterocycles. The topological polar surface area (TPSA) is 26.0 Å². The molecule has 2 aromatic carbocycles. The van der Waals surface area contributed by atoms with Crippen LogP contribution in [0.15, 0.2) is 54.6 Å². The van der Waals surface area contributed by atoms with E-state index < -0.39 is 5.67 Å². The van der Waals surface area contributed by atoms with E-state index >= 15 is 4.39 Å². The van der Waals surface area contributed by atoms with Gasteiger partial charge in [0.1, 0.15) is 0 Å². The summed E-state index contributed by atoms with van der Waals surface area (Å²) in [6.45, 7) is 6.37. The van der Waals surface area contributed by atoms with Gasteiger partial charge >= 0.3 is 0 Å². The molecule has 0 aliphatic heterocycles. The fourth-order valence-corrected chi connectivity index (χ4v) is 2.34. The van der Waals surface area contributed by atoms with E-state index in [0.717, 1.165) is 0 Å². The summed E-state index contributed by atoms with van der Waals surface area (Å²) in [5.41, 5.74) is 6.56. The summed E-state index contributed by atoms with van der Waals surface area (Å²) in [5, 5.41) is 0. The van der Waals surface area contributed by atoms with Crippen molar-refractivity contribution in [2.24, 2.45) is 5.73 Å². The average Bonchev–Trinajstić information content (AvgIpc) is 2.46. The van der Waals surface area contributed by atoms with Crippen molar-refractivity contribution >= 4 is 0 Å². The third-order valence-corrected chi connectivity index (χ3v) is 3.72. The van der Waals surface area contributed by atoms with Crippen LogP contribution in [0.25, 0.3) is 0 Å². The molecule has 1 nitrogen and oxygen atoms in total. The molecule has 1 unspecified atom stereocenters. The summed E-state index contributed by atoms with van der Waals surface area (Å²) in [4.78, 5) is 0. The molecule has 0 amide bonds. The normalized spacial score (nSPS) is 14.8. The van der Waals surface area contributed by atoms with Crippen LogP contribution in [0.5, 0.6) is 0 Å². The first-order valence-electron chi connectivity index (χ1n) is 6.93. The van der Waals surface area contributed by atoms with E-state index in [2.05, 4.69) is 20.8 Å². The van der Waals surface area contributed by atoms with Crippen molar-refractivity contribution < 1.29 is 4.39 Å². The summed E-state index contributed by atoms with van der Waals surface area (Å²) >= 11 is 0. The highest BCUT2D eigenvalue weighted by Gasteiger charge is 2.32. The van der Waals surface area contributed by atoms with Crippen molar-refractivity contribution in [2.45, 2.75) is 31.9 Å². The second-order valence-electron chi connectivity index (χ2n) is 6.20. The quantitative estimate of drug-likeness (QED) is 0.891. The van der Waals surface area contributed by atoms with Gasteiger partial charge < -0.3 is 5.73 Å². The molecule has 0 bridgehead atoms. The molecule has 0 heterocycles. The molecular weight excluding hydrogens is 249 g/mol. The molecule has 2 N–H and O–H groups in total. The molecule has 0 radical (unpaired) electrons. The molecule has 2 heteroatoms. The monoisotopic (exact) mass is 271 g/mol. The van der Waals surface area contributed by atoms with Gasteiger partial charge in [0.05, 0.1) is 0 Å². The van der Waals surface area contributed by atoms with Gasteiger partial charge in [-0.05, 0) is 22.1 Å². The second-order valence-corrected chi connectivity index (χ2v) is 6.20. The Hall–Kier alpha value is -1.67. The standard InChI is InChI=1S/C18H22FN/c1-17(2,3)14-9-11-16(12-10-14)18(19,13-20)15-7-5-4-6-8-15/h4-12H,13,20H2,1-3H3. The lowest BCUT2D eigenvalue weighted by molar-refractivity contribution is 0.232. The Labute approximate surface area is 120 Å². The lowest BCUT2D eigenvalue weighted by Crippen LogP contribution is -2.31. The third kappa shape index (κ3) is 2.75. The van der Waals surface area contributed by atoms with Crippen LogP contribution < -0.4 is 5.73 Å². The number of rotatable bonds is 3. The van der Waals surface area contributed by atoms with Gasteiger partial charge in [-0.25, -0.2) is 4.39 Å². The zero-order chi connectivity index (χ0) is 14.8. The van der Waals surface area contributed by atoms with Gasteiger partial charge in [-0.3, -0.25) is 0 Å². The molecular formula is C18H22FN. The van der Waals surface area contributed by atoms with Crippen LogP contribution in [-0.2, 0) is 11.1 Å². The Balaban J connectivity index is 2.43. The number of alkyl halides is 1. The van der Waals surface area contributed by atoms with Gasteiger partial charge in [-0.15, -0.1) is 0 Å². The fourth-order valence-electron chi connectivity index (χ4n) is 2.34. The largest absolute Gasteiger partial charge is 0.327 e. The van der Waals surface area contributed by atoms with Crippen LogP contribution >= 0.6 is 0 Å². The zero-order valence-electron chi connectivity index (χ0n) is 12.4. The Kier molecular flexibility index (Phi) is 3.96. The maximum Gasteiger partial charge on any atom is 0.173 e. The summed E-state index contributed by atoms with van der Waals surface area (Å²) in [6.07, 6.45) is 0. The Morgan fingerprint density at radius 1 is 0.800 bits per heavy atom. The van der Waals surface area contributed by atoms with Gasteiger partial charge in [0.25, 0.3) is 0 Å². The Morgan fingerprint density at radius 3 is 1.70 bits per heavy atom. The molecule has 20 heavy (non-hydrogen) atoms. The fraction of sp³-hybridized carbons (Fsp3) is 0.333. The highest BCUT2D eigenvalue weighted by molar-refractivity contribution is 5.39. The number of halogens is 1. The molecule has 2 rings (SSSR count). The molecule has 106 valence electrons. The SMILES string of the molecule is CC(C)(C)c1ccc(C(F)(CN)c2ccccc2)cc1. The van der Waals surface area contributed by atoms with E-state index in [1.807, 2.05) is 42.5 Å². The lowest BCUT2D eigenvalue weighted by atomic mass is 9.83. The van der Waals surface area contributed by atoms with E-state index in [4.69, 9.17) is 5.73 Å². The molecule has 0 aliphatic rings.